The Balaban J connectivity index is 2.07. The molecule has 7 nitrogen and oxygen atoms in total. The van der Waals surface area contributed by atoms with Crippen LogP contribution in [0.25, 0.3) is 0 Å². The van der Waals surface area contributed by atoms with Crippen molar-refractivity contribution in [2.45, 2.75) is 37.2 Å². The summed E-state index contributed by atoms with van der Waals surface area (Å²) in [6.07, 6.45) is 0. The number of rotatable bonds is 5. The molecule has 2 atom stereocenters. The van der Waals surface area contributed by atoms with Crippen molar-refractivity contribution in [3.8, 4) is 0 Å². The van der Waals surface area contributed by atoms with Crippen LogP contribution in [0.5, 0.6) is 0 Å². The lowest BCUT2D eigenvalue weighted by atomic mass is 10.1. The molecule has 1 aromatic heterocycles. The Morgan fingerprint density at radius 2 is 2.00 bits per heavy atom. The van der Waals surface area contributed by atoms with E-state index < -0.39 is 10.8 Å². The Morgan fingerprint density at radius 1 is 1.32 bits per heavy atom. The highest BCUT2D eigenvalue weighted by molar-refractivity contribution is 8.00. The van der Waals surface area contributed by atoms with Crippen molar-refractivity contribution < 1.29 is 4.79 Å². The molecule has 0 unspecified atom stereocenters. The summed E-state index contributed by atoms with van der Waals surface area (Å²) in [6, 6.07) is 4.77. The van der Waals surface area contributed by atoms with E-state index in [0.717, 1.165) is 22.0 Å². The van der Waals surface area contributed by atoms with Crippen LogP contribution in [0.15, 0.2) is 28.2 Å². The highest BCUT2D eigenvalue weighted by atomic mass is 35.5. The van der Waals surface area contributed by atoms with E-state index in [9.17, 15) is 9.59 Å². The van der Waals surface area contributed by atoms with Crippen molar-refractivity contribution >= 4 is 40.9 Å². The van der Waals surface area contributed by atoms with Crippen LogP contribution in [-0.4, -0.2) is 26.0 Å². The van der Waals surface area contributed by atoms with Crippen LogP contribution in [-0.2, 0) is 4.79 Å². The lowest BCUT2D eigenvalue weighted by Gasteiger charge is -2.19. The molecule has 2 rings (SSSR count). The molecule has 0 aliphatic heterocycles. The minimum atomic E-state index is -0.542. The predicted molar refractivity (Wildman–Crippen MR) is 99.5 cm³/mol. The van der Waals surface area contributed by atoms with Crippen LogP contribution in [0.4, 0.5) is 0 Å². The molecule has 0 saturated heterocycles. The number of aromatic nitrogens is 3. The fourth-order valence-electron chi connectivity index (χ4n) is 2.02. The van der Waals surface area contributed by atoms with Gasteiger partial charge in [0.2, 0.25) is 11.1 Å². The van der Waals surface area contributed by atoms with Gasteiger partial charge in [0.1, 0.15) is 5.69 Å². The normalized spacial score (nSPS) is 13.3. The van der Waals surface area contributed by atoms with Gasteiger partial charge in [0.15, 0.2) is 0 Å². The Bertz CT molecular complexity index is 858. The Hall–Kier alpha value is -1.77. The van der Waals surface area contributed by atoms with E-state index in [2.05, 4.69) is 15.5 Å². The van der Waals surface area contributed by atoms with Gasteiger partial charge in [-0.15, -0.1) is 10.2 Å². The van der Waals surface area contributed by atoms with Gasteiger partial charge in [-0.3, -0.25) is 9.59 Å². The first-order valence-corrected chi connectivity index (χ1v) is 8.97. The van der Waals surface area contributed by atoms with Crippen LogP contribution in [0.1, 0.15) is 31.1 Å². The van der Waals surface area contributed by atoms with Crippen molar-refractivity contribution in [2.75, 3.05) is 5.84 Å². The Labute approximate surface area is 158 Å². The van der Waals surface area contributed by atoms with Gasteiger partial charge in [-0.2, -0.15) is 4.68 Å². The fraction of sp³-hybridized carbons (Fsp3) is 0.333. The Morgan fingerprint density at radius 3 is 2.64 bits per heavy atom. The molecule has 0 spiro atoms. The molecule has 1 amide bonds. The molecule has 0 saturated carbocycles. The van der Waals surface area contributed by atoms with Gasteiger partial charge in [0.25, 0.3) is 5.56 Å². The van der Waals surface area contributed by atoms with E-state index >= 15 is 0 Å². The third-order valence-corrected chi connectivity index (χ3v) is 5.08. The first kappa shape index (κ1) is 19.6. The second-order valence-electron chi connectivity index (χ2n) is 5.40. The highest BCUT2D eigenvalue weighted by Crippen LogP contribution is 2.27. The zero-order valence-electron chi connectivity index (χ0n) is 13.8. The van der Waals surface area contributed by atoms with E-state index in [1.54, 1.807) is 25.1 Å². The van der Waals surface area contributed by atoms with Gasteiger partial charge in [0.05, 0.1) is 11.3 Å². The molecule has 0 fully saturated rings. The summed E-state index contributed by atoms with van der Waals surface area (Å²) in [4.78, 5) is 24.2. The summed E-state index contributed by atoms with van der Waals surface area (Å²) < 4.78 is 0.885. The maximum absolute atomic E-state index is 12.4. The predicted octanol–water partition coefficient (Wildman–Crippen LogP) is 2.33. The summed E-state index contributed by atoms with van der Waals surface area (Å²) in [5.41, 5.74) is 0.490. The zero-order valence-corrected chi connectivity index (χ0v) is 16.1. The van der Waals surface area contributed by atoms with Gasteiger partial charge in [-0.1, -0.05) is 41.0 Å². The minimum absolute atomic E-state index is 0.162. The minimum Gasteiger partial charge on any atom is -0.349 e. The highest BCUT2D eigenvalue weighted by Gasteiger charge is 2.21. The quantitative estimate of drug-likeness (QED) is 0.588. The second kappa shape index (κ2) is 8.07. The molecule has 25 heavy (non-hydrogen) atoms. The van der Waals surface area contributed by atoms with Gasteiger partial charge in [-0.05, 0) is 38.5 Å². The van der Waals surface area contributed by atoms with Crippen LogP contribution in [0.3, 0.4) is 0 Å². The first-order chi connectivity index (χ1) is 11.7. The maximum atomic E-state index is 12.4. The molecule has 0 radical (unpaired) electrons. The molecule has 0 aliphatic carbocycles. The van der Waals surface area contributed by atoms with E-state index in [0.29, 0.717) is 10.0 Å². The van der Waals surface area contributed by atoms with Crippen LogP contribution < -0.4 is 16.7 Å². The standard InChI is InChI=1S/C15H17Cl2N5O2S/c1-7(11-5-4-10(16)6-12(11)17)19-13(23)9(3)25-15-21-20-8(2)14(24)22(15)18/h4-7,9H,18H2,1-3H3,(H,19,23)/t7-,9+/m0/s1. The largest absolute Gasteiger partial charge is 0.349 e. The number of benzene rings is 1. The molecular weight excluding hydrogens is 385 g/mol. The van der Waals surface area contributed by atoms with Crippen molar-refractivity contribution in [3.63, 3.8) is 0 Å². The summed E-state index contributed by atoms with van der Waals surface area (Å²) in [5.74, 6) is 5.43. The number of nitrogens with one attached hydrogen (secondary N) is 1. The lowest BCUT2D eigenvalue weighted by molar-refractivity contribution is -0.120. The average molecular weight is 402 g/mol. The monoisotopic (exact) mass is 401 g/mol. The number of halogens is 2. The summed E-state index contributed by atoms with van der Waals surface area (Å²) in [5, 5.41) is 11.1. The molecule has 0 bridgehead atoms. The van der Waals surface area contributed by atoms with Crippen molar-refractivity contribution in [1.82, 2.24) is 20.2 Å². The molecule has 2 aromatic rings. The number of nitrogens with two attached hydrogens (primary N) is 1. The van der Waals surface area contributed by atoms with Gasteiger partial charge in [-0.25, -0.2) is 0 Å². The SMILES string of the molecule is Cc1nnc(S[C@H](C)C(=O)N[C@@H](C)c2ccc(Cl)cc2Cl)n(N)c1=O. The molecule has 10 heteroatoms. The summed E-state index contributed by atoms with van der Waals surface area (Å²) in [7, 11) is 0. The number of hydrogen-bond acceptors (Lipinski definition) is 6. The third-order valence-electron chi connectivity index (χ3n) is 3.46. The third kappa shape index (κ3) is 4.65. The Kier molecular flexibility index (Phi) is 6.31. The van der Waals surface area contributed by atoms with Crippen LogP contribution in [0, 0.1) is 6.92 Å². The van der Waals surface area contributed by atoms with Crippen molar-refractivity contribution in [2.24, 2.45) is 0 Å². The number of thioether (sulfide) groups is 1. The van der Waals surface area contributed by atoms with Crippen molar-refractivity contribution in [1.29, 1.82) is 0 Å². The number of nitrogens with zero attached hydrogens (tertiary/aromatic N) is 3. The number of carbonyl (C=O) groups excluding carboxylic acids is 1. The molecule has 1 aromatic carbocycles. The number of aryl methyl sites for hydroxylation is 1. The first-order valence-electron chi connectivity index (χ1n) is 7.34. The fourth-order valence-corrected chi connectivity index (χ4v) is 3.37. The summed E-state index contributed by atoms with van der Waals surface area (Å²) in [6.45, 7) is 5.01. The molecule has 1 heterocycles. The lowest BCUT2D eigenvalue weighted by Crippen LogP contribution is -2.36. The van der Waals surface area contributed by atoms with Gasteiger partial charge < -0.3 is 11.2 Å². The smallest absolute Gasteiger partial charge is 0.294 e. The van der Waals surface area contributed by atoms with Crippen LogP contribution >= 0.6 is 35.0 Å². The molecule has 134 valence electrons. The number of nitrogen functional groups attached to an aromatic ring is 1. The van der Waals surface area contributed by atoms with Gasteiger partial charge >= 0.3 is 0 Å². The van der Waals surface area contributed by atoms with E-state index in [-0.39, 0.29) is 22.8 Å². The van der Waals surface area contributed by atoms with E-state index in [4.69, 9.17) is 29.0 Å². The average Bonchev–Trinajstić information content (AvgIpc) is 2.55. The zero-order chi connectivity index (χ0) is 18.7. The molecule has 0 aliphatic rings. The van der Waals surface area contributed by atoms with Crippen LogP contribution in [0.2, 0.25) is 10.0 Å². The molecule has 3 N–H and O–H groups in total. The van der Waals surface area contributed by atoms with Gasteiger partial charge in [0, 0.05) is 10.0 Å². The van der Waals surface area contributed by atoms with E-state index in [1.165, 1.54) is 6.92 Å². The summed E-state index contributed by atoms with van der Waals surface area (Å²) >= 11 is 13.1. The van der Waals surface area contributed by atoms with Crippen molar-refractivity contribution in [3.05, 3.63) is 49.9 Å². The second-order valence-corrected chi connectivity index (χ2v) is 7.55. The number of amides is 1. The topological polar surface area (TPSA) is 103 Å². The maximum Gasteiger partial charge on any atom is 0.294 e. The number of hydrogen-bond donors (Lipinski definition) is 2. The molecular formula is C15H17Cl2N5O2S. The van der Waals surface area contributed by atoms with E-state index in [1.807, 2.05) is 6.92 Å². The number of carbonyl (C=O) groups is 1.